The van der Waals surface area contributed by atoms with Gasteiger partial charge in [-0.1, -0.05) is 18.2 Å². The van der Waals surface area contributed by atoms with Gasteiger partial charge in [-0.15, -0.1) is 0 Å². The third-order valence-electron chi connectivity index (χ3n) is 6.17. The van der Waals surface area contributed by atoms with Crippen molar-refractivity contribution in [1.29, 1.82) is 0 Å². The number of para-hydroxylation sites is 1. The van der Waals surface area contributed by atoms with Crippen LogP contribution >= 0.6 is 0 Å². The molecule has 0 aliphatic carbocycles. The Morgan fingerprint density at radius 3 is 2.93 bits per heavy atom. The van der Waals surface area contributed by atoms with Gasteiger partial charge in [0.05, 0.1) is 11.3 Å². The first-order chi connectivity index (χ1) is 13.6. The summed E-state index contributed by atoms with van der Waals surface area (Å²) in [6.45, 7) is 6.37. The highest BCUT2D eigenvalue weighted by Gasteiger charge is 2.34. The zero-order valence-corrected chi connectivity index (χ0v) is 16.3. The number of carbonyl (C=O) groups excluding carboxylic acids is 1. The van der Waals surface area contributed by atoms with Gasteiger partial charge in [-0.3, -0.25) is 4.79 Å². The second-order valence-corrected chi connectivity index (χ2v) is 7.81. The highest BCUT2D eigenvalue weighted by molar-refractivity contribution is 5.98. The molecule has 1 saturated heterocycles. The minimum absolute atomic E-state index is 0.0155. The van der Waals surface area contributed by atoms with Crippen molar-refractivity contribution in [2.24, 2.45) is 5.92 Å². The number of furan rings is 1. The summed E-state index contributed by atoms with van der Waals surface area (Å²) in [5.74, 6) is 1.98. The Kier molecular flexibility index (Phi) is 4.07. The predicted octanol–water partition coefficient (Wildman–Crippen LogP) is 3.65. The number of hydrogen-bond donors (Lipinski definition) is 0. The molecule has 1 amide bonds. The number of anilines is 2. The summed E-state index contributed by atoms with van der Waals surface area (Å²) < 4.78 is 5.77. The van der Waals surface area contributed by atoms with Gasteiger partial charge in [-0.05, 0) is 44.7 Å². The summed E-state index contributed by atoms with van der Waals surface area (Å²) in [7, 11) is 0. The van der Waals surface area contributed by atoms with Crippen LogP contribution in [0.3, 0.4) is 0 Å². The summed E-state index contributed by atoms with van der Waals surface area (Å²) in [6.07, 6.45) is 4.40. The van der Waals surface area contributed by atoms with Crippen molar-refractivity contribution in [3.63, 3.8) is 0 Å². The second-order valence-electron chi connectivity index (χ2n) is 7.81. The van der Waals surface area contributed by atoms with Crippen LogP contribution in [0.5, 0.6) is 0 Å². The number of piperidine rings is 1. The molecule has 0 bridgehead atoms. The summed E-state index contributed by atoms with van der Waals surface area (Å²) in [5.41, 5.74) is 4.05. The van der Waals surface area contributed by atoms with Crippen LogP contribution < -0.4 is 9.80 Å². The summed E-state index contributed by atoms with van der Waals surface area (Å²) in [6, 6.07) is 8.24. The van der Waals surface area contributed by atoms with E-state index in [0.717, 1.165) is 60.6 Å². The fourth-order valence-corrected chi connectivity index (χ4v) is 4.56. The van der Waals surface area contributed by atoms with E-state index in [1.807, 2.05) is 30.9 Å². The molecule has 6 heteroatoms. The molecule has 28 heavy (non-hydrogen) atoms. The predicted molar refractivity (Wildman–Crippen MR) is 109 cm³/mol. The molecule has 2 aromatic heterocycles. The number of aryl methyl sites for hydroxylation is 2. The molecular formula is C22H24N4O2. The van der Waals surface area contributed by atoms with E-state index in [1.165, 1.54) is 5.56 Å². The van der Waals surface area contributed by atoms with Gasteiger partial charge in [0, 0.05) is 30.9 Å². The van der Waals surface area contributed by atoms with Gasteiger partial charge in [0.1, 0.15) is 17.9 Å². The SMILES string of the molecule is Cc1oc2ncnc(N3CCC[C@@H](C(=O)N4CCc5ccccc54)C3)c2c1C. The quantitative estimate of drug-likeness (QED) is 0.683. The Morgan fingerprint density at radius 2 is 2.04 bits per heavy atom. The molecule has 6 nitrogen and oxygen atoms in total. The van der Waals surface area contributed by atoms with Crippen LogP contribution in [-0.2, 0) is 11.2 Å². The van der Waals surface area contributed by atoms with E-state index in [1.54, 1.807) is 6.33 Å². The highest BCUT2D eigenvalue weighted by Crippen LogP contribution is 2.34. The smallest absolute Gasteiger partial charge is 0.231 e. The minimum atomic E-state index is -0.0155. The molecule has 2 aliphatic heterocycles. The van der Waals surface area contributed by atoms with E-state index in [2.05, 4.69) is 27.0 Å². The lowest BCUT2D eigenvalue weighted by Crippen LogP contribution is -2.45. The van der Waals surface area contributed by atoms with Gasteiger partial charge in [0.2, 0.25) is 11.6 Å². The van der Waals surface area contributed by atoms with E-state index in [0.29, 0.717) is 12.3 Å². The van der Waals surface area contributed by atoms with Crippen LogP contribution in [0.2, 0.25) is 0 Å². The molecule has 4 heterocycles. The average molecular weight is 376 g/mol. The Hall–Kier alpha value is -2.89. The maximum atomic E-state index is 13.3. The average Bonchev–Trinajstić information content (AvgIpc) is 3.28. The van der Waals surface area contributed by atoms with Crippen molar-refractivity contribution in [3.05, 3.63) is 47.5 Å². The fourth-order valence-electron chi connectivity index (χ4n) is 4.56. The molecule has 5 rings (SSSR count). The van der Waals surface area contributed by atoms with E-state index in [4.69, 9.17) is 4.42 Å². The summed E-state index contributed by atoms with van der Waals surface area (Å²) in [5, 5.41) is 0.972. The van der Waals surface area contributed by atoms with E-state index >= 15 is 0 Å². The maximum Gasteiger partial charge on any atom is 0.231 e. The molecule has 0 spiro atoms. The standard InChI is InChI=1S/C22H24N4O2/c1-14-15(2)28-21-19(14)20(23-13-24-21)25-10-5-7-17(12-25)22(27)26-11-9-16-6-3-4-8-18(16)26/h3-4,6,8,13,17H,5,7,9-12H2,1-2H3/t17-/m1/s1. The number of hydrogen-bond acceptors (Lipinski definition) is 5. The van der Waals surface area contributed by atoms with Crippen molar-refractivity contribution in [3.8, 4) is 0 Å². The van der Waals surface area contributed by atoms with Gasteiger partial charge in [0.25, 0.3) is 0 Å². The van der Waals surface area contributed by atoms with Crippen LogP contribution in [0, 0.1) is 19.8 Å². The number of fused-ring (bicyclic) bond motifs is 2. The van der Waals surface area contributed by atoms with Gasteiger partial charge in [-0.2, -0.15) is 0 Å². The van der Waals surface area contributed by atoms with E-state index in [9.17, 15) is 4.79 Å². The van der Waals surface area contributed by atoms with Crippen molar-refractivity contribution >= 4 is 28.5 Å². The van der Waals surface area contributed by atoms with Crippen LogP contribution in [0.4, 0.5) is 11.5 Å². The Labute approximate surface area is 164 Å². The molecule has 2 aliphatic rings. The molecule has 1 atom stereocenters. The molecule has 1 fully saturated rings. The van der Waals surface area contributed by atoms with Crippen LogP contribution in [0.15, 0.2) is 35.0 Å². The van der Waals surface area contributed by atoms with Gasteiger partial charge < -0.3 is 14.2 Å². The summed E-state index contributed by atoms with van der Waals surface area (Å²) in [4.78, 5) is 26.4. The van der Waals surface area contributed by atoms with Crippen LogP contribution in [0.1, 0.15) is 29.7 Å². The lowest BCUT2D eigenvalue weighted by Gasteiger charge is -2.35. The fraction of sp³-hybridized carbons (Fsp3) is 0.409. The number of amides is 1. The third-order valence-corrected chi connectivity index (χ3v) is 6.17. The maximum absolute atomic E-state index is 13.3. The Bertz CT molecular complexity index is 1060. The molecule has 144 valence electrons. The lowest BCUT2D eigenvalue weighted by molar-refractivity contribution is -0.122. The Balaban J connectivity index is 1.43. The largest absolute Gasteiger partial charge is 0.443 e. The summed E-state index contributed by atoms with van der Waals surface area (Å²) >= 11 is 0. The van der Waals surface area contributed by atoms with Gasteiger partial charge in [0.15, 0.2) is 0 Å². The van der Waals surface area contributed by atoms with Gasteiger partial charge >= 0.3 is 0 Å². The van der Waals surface area contributed by atoms with Crippen molar-refractivity contribution < 1.29 is 9.21 Å². The first kappa shape index (κ1) is 17.2. The molecule has 1 aromatic carbocycles. The van der Waals surface area contributed by atoms with Crippen molar-refractivity contribution in [2.45, 2.75) is 33.1 Å². The molecule has 0 N–H and O–H groups in total. The number of nitrogens with zero attached hydrogens (tertiary/aromatic N) is 4. The first-order valence-electron chi connectivity index (χ1n) is 9.98. The highest BCUT2D eigenvalue weighted by atomic mass is 16.3. The topological polar surface area (TPSA) is 62.5 Å². The first-order valence-corrected chi connectivity index (χ1v) is 9.98. The molecular weight excluding hydrogens is 352 g/mol. The monoisotopic (exact) mass is 376 g/mol. The third kappa shape index (κ3) is 2.66. The zero-order chi connectivity index (χ0) is 19.3. The van der Waals surface area contributed by atoms with Crippen molar-refractivity contribution in [1.82, 2.24) is 9.97 Å². The minimum Gasteiger partial charge on any atom is -0.443 e. The number of aromatic nitrogens is 2. The lowest BCUT2D eigenvalue weighted by atomic mass is 9.96. The normalized spacial score (nSPS) is 19.3. The van der Waals surface area contributed by atoms with E-state index in [-0.39, 0.29) is 11.8 Å². The Morgan fingerprint density at radius 1 is 1.18 bits per heavy atom. The second kappa shape index (κ2) is 6.62. The van der Waals surface area contributed by atoms with Crippen LogP contribution in [-0.4, -0.2) is 35.5 Å². The molecule has 0 saturated carbocycles. The van der Waals surface area contributed by atoms with Crippen LogP contribution in [0.25, 0.3) is 11.1 Å². The molecule has 0 unspecified atom stereocenters. The van der Waals surface area contributed by atoms with E-state index < -0.39 is 0 Å². The van der Waals surface area contributed by atoms with Gasteiger partial charge in [-0.25, -0.2) is 9.97 Å². The molecule has 0 radical (unpaired) electrons. The van der Waals surface area contributed by atoms with Crippen molar-refractivity contribution in [2.75, 3.05) is 29.4 Å². The number of carbonyl (C=O) groups is 1. The molecule has 3 aromatic rings. The number of benzene rings is 1. The number of rotatable bonds is 2. The zero-order valence-electron chi connectivity index (χ0n) is 16.3.